The highest BCUT2D eigenvalue weighted by atomic mass is 19.4. The van der Waals surface area contributed by atoms with Gasteiger partial charge in [-0.3, -0.25) is 4.79 Å². The summed E-state index contributed by atoms with van der Waals surface area (Å²) < 4.78 is 55.4. The van der Waals surface area contributed by atoms with Gasteiger partial charge in [0.15, 0.2) is 11.5 Å². The van der Waals surface area contributed by atoms with Gasteiger partial charge in [0.25, 0.3) is 0 Å². The van der Waals surface area contributed by atoms with E-state index in [0.29, 0.717) is 43.2 Å². The first kappa shape index (κ1) is 24.9. The zero-order valence-corrected chi connectivity index (χ0v) is 19.5. The molecule has 1 aliphatic rings. The number of piperidine rings is 1. The van der Waals surface area contributed by atoms with Crippen molar-refractivity contribution in [1.82, 2.24) is 19.9 Å². The Kier molecular flexibility index (Phi) is 7.36. The molecule has 0 atom stereocenters. The van der Waals surface area contributed by atoms with Crippen LogP contribution in [0.25, 0.3) is 0 Å². The second-order valence-corrected chi connectivity index (χ2v) is 7.83. The van der Waals surface area contributed by atoms with E-state index in [9.17, 15) is 18.0 Å². The number of alkyl halides is 3. The number of ether oxygens (including phenoxy) is 3. The van der Waals surface area contributed by atoms with Crippen LogP contribution in [0.4, 0.5) is 24.8 Å². The van der Waals surface area contributed by atoms with Crippen LogP contribution in [-0.2, 0) is 11.0 Å². The second kappa shape index (κ2) is 10.6. The lowest BCUT2D eigenvalue weighted by atomic mass is 9.96. The van der Waals surface area contributed by atoms with Crippen molar-refractivity contribution in [2.75, 3.05) is 37.5 Å². The topological polar surface area (TPSA) is 112 Å². The first-order chi connectivity index (χ1) is 17.3. The van der Waals surface area contributed by atoms with Gasteiger partial charge < -0.3 is 24.4 Å². The van der Waals surface area contributed by atoms with Gasteiger partial charge in [-0.25, -0.2) is 15.0 Å². The molecule has 1 amide bonds. The molecule has 0 unspecified atom stereocenters. The number of halogens is 3. The molecule has 0 radical (unpaired) electrons. The van der Waals surface area contributed by atoms with E-state index in [1.807, 2.05) is 0 Å². The number of rotatable bonds is 7. The summed E-state index contributed by atoms with van der Waals surface area (Å²) in [4.78, 5) is 30.3. The summed E-state index contributed by atoms with van der Waals surface area (Å²) in [6, 6.07) is 5.93. The zero-order chi connectivity index (χ0) is 25.7. The van der Waals surface area contributed by atoms with E-state index in [0.717, 1.165) is 12.3 Å². The predicted molar refractivity (Wildman–Crippen MR) is 122 cm³/mol. The fourth-order valence-electron chi connectivity index (χ4n) is 3.76. The number of amides is 1. The van der Waals surface area contributed by atoms with Gasteiger partial charge in [0.05, 0.1) is 20.4 Å². The molecule has 190 valence electrons. The number of para-hydroxylation sites is 1. The van der Waals surface area contributed by atoms with Gasteiger partial charge in [0, 0.05) is 25.2 Å². The minimum atomic E-state index is -4.55. The largest absolute Gasteiger partial charge is 0.493 e. The molecule has 0 saturated carbocycles. The van der Waals surface area contributed by atoms with E-state index in [1.165, 1.54) is 26.7 Å². The van der Waals surface area contributed by atoms with Crippen LogP contribution >= 0.6 is 0 Å². The molecule has 0 spiro atoms. The van der Waals surface area contributed by atoms with Crippen LogP contribution in [-0.4, -0.2) is 53.2 Å². The van der Waals surface area contributed by atoms with Crippen molar-refractivity contribution in [3.8, 4) is 23.1 Å². The zero-order valence-electron chi connectivity index (χ0n) is 19.5. The molecule has 2 aromatic heterocycles. The van der Waals surface area contributed by atoms with Gasteiger partial charge in [-0.15, -0.1) is 0 Å². The fourth-order valence-corrected chi connectivity index (χ4v) is 3.76. The normalized spacial score (nSPS) is 14.3. The van der Waals surface area contributed by atoms with Crippen molar-refractivity contribution in [2.24, 2.45) is 5.92 Å². The minimum absolute atomic E-state index is 0.0111. The van der Waals surface area contributed by atoms with Gasteiger partial charge in [-0.2, -0.15) is 18.2 Å². The number of aromatic nitrogens is 4. The summed E-state index contributed by atoms with van der Waals surface area (Å²) in [5.74, 6) is 0.595. The van der Waals surface area contributed by atoms with Gasteiger partial charge in [-0.1, -0.05) is 6.07 Å². The summed E-state index contributed by atoms with van der Waals surface area (Å²) in [7, 11) is 2.98. The number of hydrogen-bond donors (Lipinski definition) is 1. The lowest BCUT2D eigenvalue weighted by Crippen LogP contribution is -2.39. The van der Waals surface area contributed by atoms with Gasteiger partial charge in [0.1, 0.15) is 17.7 Å². The number of carbonyl (C=O) groups is 1. The first-order valence-corrected chi connectivity index (χ1v) is 10.9. The maximum Gasteiger partial charge on any atom is 0.433 e. The quantitative estimate of drug-likeness (QED) is 0.511. The average molecular weight is 504 g/mol. The molecular weight excluding hydrogens is 481 g/mol. The molecule has 1 aliphatic heterocycles. The summed E-state index contributed by atoms with van der Waals surface area (Å²) in [5.41, 5.74) is -0.743. The highest BCUT2D eigenvalue weighted by molar-refractivity contribution is 5.93. The van der Waals surface area contributed by atoms with E-state index in [4.69, 9.17) is 14.2 Å². The summed E-state index contributed by atoms with van der Waals surface area (Å²) in [6.45, 7) is 0.657. The molecule has 36 heavy (non-hydrogen) atoms. The van der Waals surface area contributed by atoms with Crippen molar-refractivity contribution in [1.29, 1.82) is 0 Å². The smallest absolute Gasteiger partial charge is 0.433 e. The molecule has 0 bridgehead atoms. The van der Waals surface area contributed by atoms with Crippen LogP contribution in [0.3, 0.4) is 0 Å². The number of carbonyl (C=O) groups excluding carboxylic acids is 1. The maximum atomic E-state index is 13.0. The molecule has 1 saturated heterocycles. The van der Waals surface area contributed by atoms with Crippen molar-refractivity contribution in [3.05, 3.63) is 48.7 Å². The minimum Gasteiger partial charge on any atom is -0.493 e. The molecule has 10 nitrogen and oxygen atoms in total. The standard InChI is InChI=1S/C23H23F3N6O4/c1-34-16-4-3-5-17(19(16)35-2)36-21-15(12-27-13-29-21)30-20(33)14-7-10-32(11-8-14)22-28-9-6-18(31-22)23(24,25)26/h3-6,9,12-14H,7-8,10-11H2,1-2H3,(H,30,33). The van der Waals surface area contributed by atoms with E-state index in [-0.39, 0.29) is 29.3 Å². The summed E-state index contributed by atoms with van der Waals surface area (Å²) in [5, 5.41) is 2.79. The molecule has 1 fully saturated rings. The third-order valence-electron chi connectivity index (χ3n) is 5.59. The Balaban J connectivity index is 1.42. The number of anilines is 2. The van der Waals surface area contributed by atoms with Crippen LogP contribution < -0.4 is 24.4 Å². The van der Waals surface area contributed by atoms with Gasteiger partial charge in [0.2, 0.25) is 23.5 Å². The predicted octanol–water partition coefficient (Wildman–Crippen LogP) is 3.95. The van der Waals surface area contributed by atoms with E-state index >= 15 is 0 Å². The molecule has 0 aliphatic carbocycles. The third-order valence-corrected chi connectivity index (χ3v) is 5.59. The highest BCUT2D eigenvalue weighted by Gasteiger charge is 2.34. The molecule has 13 heteroatoms. The maximum absolute atomic E-state index is 13.0. The average Bonchev–Trinajstić information content (AvgIpc) is 2.89. The molecular formula is C23H23F3N6O4. The number of methoxy groups -OCH3 is 2. The van der Waals surface area contributed by atoms with Crippen LogP contribution in [0, 0.1) is 5.92 Å². The fraction of sp³-hybridized carbons (Fsp3) is 0.348. The molecule has 4 rings (SSSR count). The first-order valence-electron chi connectivity index (χ1n) is 10.9. The van der Waals surface area contributed by atoms with Crippen LogP contribution in [0.1, 0.15) is 18.5 Å². The van der Waals surface area contributed by atoms with Crippen molar-refractivity contribution < 1.29 is 32.2 Å². The Morgan fingerprint density at radius 3 is 2.53 bits per heavy atom. The Morgan fingerprint density at radius 2 is 1.83 bits per heavy atom. The summed E-state index contributed by atoms with van der Waals surface area (Å²) >= 11 is 0. The monoisotopic (exact) mass is 504 g/mol. The molecule has 1 N–H and O–H groups in total. The Hall–Kier alpha value is -4.16. The SMILES string of the molecule is COc1cccc(Oc2ncncc2NC(=O)C2CCN(c3nccc(C(F)(F)F)n3)CC2)c1OC. The molecule has 3 aromatic rings. The van der Waals surface area contributed by atoms with Crippen LogP contribution in [0.5, 0.6) is 23.1 Å². The van der Waals surface area contributed by atoms with E-state index < -0.39 is 11.9 Å². The second-order valence-electron chi connectivity index (χ2n) is 7.83. The number of nitrogens with zero attached hydrogens (tertiary/aromatic N) is 5. The van der Waals surface area contributed by atoms with E-state index in [2.05, 4.69) is 25.3 Å². The molecule has 3 heterocycles. The van der Waals surface area contributed by atoms with Crippen molar-refractivity contribution >= 4 is 17.5 Å². The van der Waals surface area contributed by atoms with Gasteiger partial charge in [-0.05, 0) is 31.0 Å². The third kappa shape index (κ3) is 5.56. The van der Waals surface area contributed by atoms with Crippen molar-refractivity contribution in [2.45, 2.75) is 19.0 Å². The molecule has 1 aromatic carbocycles. The number of nitrogens with one attached hydrogen (secondary N) is 1. The summed E-state index contributed by atoms with van der Waals surface area (Å²) in [6.07, 6.45) is 0.0300. The van der Waals surface area contributed by atoms with Gasteiger partial charge >= 0.3 is 6.18 Å². The lowest BCUT2D eigenvalue weighted by Gasteiger charge is -2.31. The Labute approximate surface area is 204 Å². The Bertz CT molecular complexity index is 1220. The van der Waals surface area contributed by atoms with Crippen LogP contribution in [0.15, 0.2) is 43.0 Å². The number of benzene rings is 1. The highest BCUT2D eigenvalue weighted by Crippen LogP contribution is 2.40. The Morgan fingerprint density at radius 1 is 1.08 bits per heavy atom. The van der Waals surface area contributed by atoms with Crippen molar-refractivity contribution in [3.63, 3.8) is 0 Å². The van der Waals surface area contributed by atoms with Crippen LogP contribution in [0.2, 0.25) is 0 Å². The van der Waals surface area contributed by atoms with E-state index in [1.54, 1.807) is 23.1 Å². The lowest BCUT2D eigenvalue weighted by molar-refractivity contribution is -0.141. The number of hydrogen-bond acceptors (Lipinski definition) is 9.